The van der Waals surface area contributed by atoms with Gasteiger partial charge >= 0.3 is 5.97 Å². The molecule has 1 aromatic carbocycles. The van der Waals surface area contributed by atoms with E-state index in [0.29, 0.717) is 5.69 Å². The van der Waals surface area contributed by atoms with Crippen molar-refractivity contribution in [2.24, 2.45) is 0 Å². The van der Waals surface area contributed by atoms with Crippen LogP contribution in [0, 0.1) is 20.8 Å². The largest absolute Gasteiger partial charge is 0.481 e. The normalized spacial score (nSPS) is 12.7. The maximum absolute atomic E-state index is 11.1. The fourth-order valence-electron chi connectivity index (χ4n) is 2.33. The third-order valence-corrected chi connectivity index (χ3v) is 3.26. The van der Waals surface area contributed by atoms with Gasteiger partial charge in [-0.25, -0.2) is 0 Å². The Labute approximate surface area is 106 Å². The van der Waals surface area contributed by atoms with Crippen LogP contribution in [0.1, 0.15) is 35.2 Å². The molecule has 0 aliphatic rings. The summed E-state index contributed by atoms with van der Waals surface area (Å²) in [7, 11) is 0. The molecule has 18 heavy (non-hydrogen) atoms. The molecule has 1 heterocycles. The topological polar surface area (TPSA) is 50.2 Å². The molecule has 0 radical (unpaired) electrons. The van der Waals surface area contributed by atoms with Gasteiger partial charge in [-0.1, -0.05) is 11.6 Å². The van der Waals surface area contributed by atoms with Crippen LogP contribution in [0.5, 0.6) is 0 Å². The van der Waals surface area contributed by atoms with Gasteiger partial charge in [0.2, 0.25) is 0 Å². The first-order valence-electron chi connectivity index (χ1n) is 6.01. The van der Waals surface area contributed by atoms with Gasteiger partial charge < -0.3 is 5.11 Å². The molecule has 1 N–H and O–H groups in total. The fourth-order valence-corrected chi connectivity index (χ4v) is 2.33. The van der Waals surface area contributed by atoms with Gasteiger partial charge in [0.15, 0.2) is 0 Å². The first-order chi connectivity index (χ1) is 8.40. The lowest BCUT2D eigenvalue weighted by Gasteiger charge is -2.12. The van der Waals surface area contributed by atoms with Crippen LogP contribution in [-0.4, -0.2) is 16.1 Å². The van der Waals surface area contributed by atoms with Crippen LogP contribution < -0.4 is 0 Å². The Morgan fingerprint density at radius 2 is 1.83 bits per heavy atom. The molecule has 0 spiro atoms. The predicted molar refractivity (Wildman–Crippen MR) is 72.0 cm³/mol. The molecule has 3 heteroatoms. The van der Waals surface area contributed by atoms with Crippen molar-refractivity contribution < 1.29 is 9.90 Å². The molecule has 0 amide bonds. The molecule has 2 aromatic rings. The predicted octanol–water partition coefficient (Wildman–Crippen LogP) is 3.35. The van der Waals surface area contributed by atoms with Crippen molar-refractivity contribution in [2.75, 3.05) is 0 Å². The molecule has 2 rings (SSSR count). The van der Waals surface area contributed by atoms with E-state index in [1.165, 1.54) is 5.56 Å². The van der Waals surface area contributed by atoms with Crippen LogP contribution in [0.4, 0.5) is 0 Å². The number of carboxylic acids is 1. The molecule has 0 aliphatic heterocycles. The molecular formula is C15H17NO2. The number of fused-ring (bicyclic) bond motifs is 1. The number of carbonyl (C=O) groups is 1. The van der Waals surface area contributed by atoms with Crippen LogP contribution in [0.3, 0.4) is 0 Å². The van der Waals surface area contributed by atoms with Gasteiger partial charge in [0.25, 0.3) is 0 Å². The molecule has 0 aliphatic carbocycles. The molecule has 1 unspecified atom stereocenters. The Kier molecular flexibility index (Phi) is 3.07. The molecule has 0 saturated heterocycles. The van der Waals surface area contributed by atoms with Gasteiger partial charge in [0, 0.05) is 5.39 Å². The molecule has 94 valence electrons. The second-order valence-corrected chi connectivity index (χ2v) is 4.90. The average molecular weight is 243 g/mol. The van der Waals surface area contributed by atoms with Gasteiger partial charge in [0.05, 0.1) is 17.1 Å². The van der Waals surface area contributed by atoms with E-state index >= 15 is 0 Å². The van der Waals surface area contributed by atoms with Crippen LogP contribution in [-0.2, 0) is 4.79 Å². The minimum Gasteiger partial charge on any atom is -0.481 e. The second-order valence-electron chi connectivity index (χ2n) is 4.90. The van der Waals surface area contributed by atoms with Crippen molar-refractivity contribution in [3.05, 3.63) is 40.6 Å². The standard InChI is InChI=1S/C15H17NO2/c1-8-5-9(2)14-12(6-8)7-10(3)13(16-14)11(4)15(17)18/h5-7,11H,1-4H3,(H,17,18). The van der Waals surface area contributed by atoms with E-state index in [1.54, 1.807) is 6.92 Å². The summed E-state index contributed by atoms with van der Waals surface area (Å²) in [6.07, 6.45) is 0. The van der Waals surface area contributed by atoms with Crippen LogP contribution in [0.2, 0.25) is 0 Å². The van der Waals surface area contributed by atoms with E-state index in [9.17, 15) is 4.79 Å². The first kappa shape index (κ1) is 12.6. The van der Waals surface area contributed by atoms with Crippen molar-refractivity contribution in [3.8, 4) is 0 Å². The number of aliphatic carboxylic acids is 1. The maximum Gasteiger partial charge on any atom is 0.312 e. The van der Waals surface area contributed by atoms with E-state index in [0.717, 1.165) is 22.0 Å². The number of carboxylic acid groups (broad SMARTS) is 1. The lowest BCUT2D eigenvalue weighted by molar-refractivity contribution is -0.138. The molecule has 0 saturated carbocycles. The highest BCUT2D eigenvalue weighted by atomic mass is 16.4. The molecule has 1 atom stereocenters. The van der Waals surface area contributed by atoms with Crippen LogP contribution in [0.15, 0.2) is 18.2 Å². The number of hydrogen-bond donors (Lipinski definition) is 1. The second kappa shape index (κ2) is 4.41. The van der Waals surface area contributed by atoms with Crippen molar-refractivity contribution in [2.45, 2.75) is 33.6 Å². The zero-order valence-corrected chi connectivity index (χ0v) is 11.1. The number of aryl methyl sites for hydroxylation is 3. The van der Waals surface area contributed by atoms with Crippen molar-refractivity contribution in [1.82, 2.24) is 4.98 Å². The molecule has 1 aromatic heterocycles. The van der Waals surface area contributed by atoms with Gasteiger partial charge in [-0.05, 0) is 51.0 Å². The lowest BCUT2D eigenvalue weighted by Crippen LogP contribution is -2.11. The molecular weight excluding hydrogens is 226 g/mol. The summed E-state index contributed by atoms with van der Waals surface area (Å²) in [6, 6.07) is 6.18. The Morgan fingerprint density at radius 1 is 1.17 bits per heavy atom. The number of aromatic nitrogens is 1. The summed E-state index contributed by atoms with van der Waals surface area (Å²) in [5.74, 6) is -1.41. The zero-order chi connectivity index (χ0) is 13.4. The van der Waals surface area contributed by atoms with Gasteiger partial charge in [-0.2, -0.15) is 0 Å². The third kappa shape index (κ3) is 2.08. The SMILES string of the molecule is Cc1cc(C)c2nc(C(C)C(=O)O)c(C)cc2c1. The highest BCUT2D eigenvalue weighted by Gasteiger charge is 2.18. The summed E-state index contributed by atoms with van der Waals surface area (Å²) in [5, 5.41) is 10.2. The number of benzene rings is 1. The van der Waals surface area contributed by atoms with Crippen LogP contribution in [0.25, 0.3) is 10.9 Å². The van der Waals surface area contributed by atoms with Crippen molar-refractivity contribution in [3.63, 3.8) is 0 Å². The molecule has 0 fully saturated rings. The summed E-state index contributed by atoms with van der Waals surface area (Å²) < 4.78 is 0. The van der Waals surface area contributed by atoms with Gasteiger partial charge in [-0.3, -0.25) is 9.78 Å². The number of pyridine rings is 1. The molecule has 3 nitrogen and oxygen atoms in total. The molecule has 0 bridgehead atoms. The minimum atomic E-state index is -0.838. The quantitative estimate of drug-likeness (QED) is 0.880. The van der Waals surface area contributed by atoms with Gasteiger partial charge in [-0.15, -0.1) is 0 Å². The Bertz CT molecular complexity index is 632. The smallest absolute Gasteiger partial charge is 0.312 e. The van der Waals surface area contributed by atoms with Gasteiger partial charge in [0.1, 0.15) is 0 Å². The minimum absolute atomic E-state index is 0.574. The van der Waals surface area contributed by atoms with E-state index < -0.39 is 11.9 Å². The zero-order valence-electron chi connectivity index (χ0n) is 11.1. The summed E-state index contributed by atoms with van der Waals surface area (Å²) in [5.41, 5.74) is 4.77. The lowest BCUT2D eigenvalue weighted by atomic mass is 9.99. The highest BCUT2D eigenvalue weighted by Crippen LogP contribution is 2.25. The van der Waals surface area contributed by atoms with Crippen LogP contribution >= 0.6 is 0 Å². The Hall–Kier alpha value is -1.90. The summed E-state index contributed by atoms with van der Waals surface area (Å²) in [4.78, 5) is 15.6. The third-order valence-electron chi connectivity index (χ3n) is 3.26. The monoisotopic (exact) mass is 243 g/mol. The Balaban J connectivity index is 2.72. The van der Waals surface area contributed by atoms with E-state index in [-0.39, 0.29) is 0 Å². The van der Waals surface area contributed by atoms with Crippen molar-refractivity contribution >= 4 is 16.9 Å². The van der Waals surface area contributed by atoms with E-state index in [2.05, 4.69) is 24.0 Å². The number of rotatable bonds is 2. The fraction of sp³-hybridized carbons (Fsp3) is 0.333. The van der Waals surface area contributed by atoms with E-state index in [4.69, 9.17) is 5.11 Å². The number of nitrogens with zero attached hydrogens (tertiary/aromatic N) is 1. The summed E-state index contributed by atoms with van der Waals surface area (Å²) in [6.45, 7) is 7.65. The highest BCUT2D eigenvalue weighted by molar-refractivity contribution is 5.85. The van der Waals surface area contributed by atoms with E-state index in [1.807, 2.05) is 19.9 Å². The Morgan fingerprint density at radius 3 is 2.44 bits per heavy atom. The average Bonchev–Trinajstić information content (AvgIpc) is 2.26. The maximum atomic E-state index is 11.1. The number of hydrogen-bond acceptors (Lipinski definition) is 2. The van der Waals surface area contributed by atoms with Crippen molar-refractivity contribution in [1.29, 1.82) is 0 Å². The summed E-state index contributed by atoms with van der Waals surface area (Å²) >= 11 is 0. The first-order valence-corrected chi connectivity index (χ1v) is 6.01.